The second kappa shape index (κ2) is 10.2. The number of carbonyl (C=O) groups excluding carboxylic acids is 2. The molecule has 6 nitrogen and oxygen atoms in total. The molecular formula is C24H28FN3O3. The van der Waals surface area contributed by atoms with Gasteiger partial charge in [-0.15, -0.1) is 0 Å². The molecule has 2 aromatic rings. The van der Waals surface area contributed by atoms with Crippen molar-refractivity contribution in [3.8, 4) is 0 Å². The lowest BCUT2D eigenvalue weighted by atomic mass is 9.93. The molecule has 0 radical (unpaired) electrons. The molecule has 31 heavy (non-hydrogen) atoms. The van der Waals surface area contributed by atoms with E-state index in [2.05, 4.69) is 5.32 Å². The minimum atomic E-state index is -0.921. The monoisotopic (exact) mass is 425 g/mol. The van der Waals surface area contributed by atoms with Gasteiger partial charge in [0.1, 0.15) is 5.82 Å². The summed E-state index contributed by atoms with van der Waals surface area (Å²) >= 11 is 0. The van der Waals surface area contributed by atoms with Crippen molar-refractivity contribution in [3.05, 3.63) is 82.8 Å². The molecule has 1 atom stereocenters. The molecule has 1 aliphatic heterocycles. The van der Waals surface area contributed by atoms with E-state index in [9.17, 15) is 14.0 Å². The zero-order valence-corrected chi connectivity index (χ0v) is 18.1. The van der Waals surface area contributed by atoms with E-state index < -0.39 is 17.8 Å². The highest BCUT2D eigenvalue weighted by molar-refractivity contribution is 5.95. The third kappa shape index (κ3) is 5.11. The van der Waals surface area contributed by atoms with Crippen LogP contribution in [0, 0.1) is 5.82 Å². The van der Waals surface area contributed by atoms with Gasteiger partial charge in [0.2, 0.25) is 0 Å². The fourth-order valence-electron chi connectivity index (χ4n) is 3.81. The molecule has 3 rings (SSSR count). The van der Waals surface area contributed by atoms with E-state index in [1.54, 1.807) is 25.1 Å². The van der Waals surface area contributed by atoms with Crippen LogP contribution in [-0.2, 0) is 16.1 Å². The van der Waals surface area contributed by atoms with Crippen LogP contribution in [0.15, 0.2) is 65.9 Å². The Labute approximate surface area is 182 Å². The van der Waals surface area contributed by atoms with Crippen LogP contribution in [0.25, 0.3) is 0 Å². The van der Waals surface area contributed by atoms with Crippen molar-refractivity contribution >= 4 is 12.0 Å². The summed E-state index contributed by atoms with van der Waals surface area (Å²) in [5, 5.41) is 2.79. The molecular weight excluding hydrogens is 397 g/mol. The molecule has 7 heteroatoms. The maximum Gasteiger partial charge on any atom is 0.338 e. The first kappa shape index (κ1) is 22.5. The van der Waals surface area contributed by atoms with E-state index in [1.807, 2.05) is 49.2 Å². The summed E-state index contributed by atoms with van der Waals surface area (Å²) in [5.74, 6) is -1.05. The summed E-state index contributed by atoms with van der Waals surface area (Å²) in [5.41, 5.74) is 2.12. The van der Waals surface area contributed by atoms with Crippen LogP contribution in [-0.4, -0.2) is 48.5 Å². The fraction of sp³-hybridized carbons (Fsp3) is 0.333. The van der Waals surface area contributed by atoms with Gasteiger partial charge in [-0.1, -0.05) is 48.5 Å². The van der Waals surface area contributed by atoms with Crippen molar-refractivity contribution in [2.75, 3.05) is 26.7 Å². The predicted molar refractivity (Wildman–Crippen MR) is 116 cm³/mol. The molecule has 1 heterocycles. The van der Waals surface area contributed by atoms with Crippen molar-refractivity contribution in [1.29, 1.82) is 0 Å². The average Bonchev–Trinajstić information content (AvgIpc) is 2.74. The molecule has 1 N–H and O–H groups in total. The number of nitrogens with zero attached hydrogens (tertiary/aromatic N) is 2. The van der Waals surface area contributed by atoms with Crippen molar-refractivity contribution in [3.63, 3.8) is 0 Å². The maximum atomic E-state index is 14.6. The zero-order chi connectivity index (χ0) is 22.4. The summed E-state index contributed by atoms with van der Waals surface area (Å²) in [7, 11) is 1.92. The lowest BCUT2D eigenvalue weighted by molar-refractivity contribution is -0.139. The first-order valence-corrected chi connectivity index (χ1v) is 10.4. The van der Waals surface area contributed by atoms with Crippen LogP contribution in [0.2, 0.25) is 0 Å². The molecule has 1 unspecified atom stereocenters. The molecule has 0 fully saturated rings. The molecule has 0 aromatic heterocycles. The summed E-state index contributed by atoms with van der Waals surface area (Å²) < 4.78 is 19.9. The lowest BCUT2D eigenvalue weighted by Crippen LogP contribution is -2.50. The summed E-state index contributed by atoms with van der Waals surface area (Å²) in [6, 6.07) is 14.8. The Bertz CT molecular complexity index is 962. The minimum absolute atomic E-state index is 0.180. The van der Waals surface area contributed by atoms with Gasteiger partial charge in [0.15, 0.2) is 0 Å². The third-order valence-corrected chi connectivity index (χ3v) is 5.18. The Balaban J connectivity index is 2.05. The third-order valence-electron chi connectivity index (χ3n) is 5.18. The number of amides is 2. The standard InChI is InChI=1S/C24H28FN3O3/c1-4-28-20(16-27(3)15-17-11-7-6-8-12-17)21(23(29)31-5-2)22(26-24(28)30)18-13-9-10-14-19(18)25/h6-14,22H,4-5,15-16H2,1-3H3,(H,26,30). The molecule has 0 saturated carbocycles. The van der Waals surface area contributed by atoms with E-state index in [0.29, 0.717) is 25.3 Å². The minimum Gasteiger partial charge on any atom is -0.463 e. The summed E-state index contributed by atoms with van der Waals surface area (Å²) in [6.45, 7) is 5.06. The molecule has 0 bridgehead atoms. The van der Waals surface area contributed by atoms with Crippen LogP contribution >= 0.6 is 0 Å². The largest absolute Gasteiger partial charge is 0.463 e. The van der Waals surface area contributed by atoms with Crippen molar-refractivity contribution in [1.82, 2.24) is 15.1 Å². The fourth-order valence-corrected chi connectivity index (χ4v) is 3.81. The van der Waals surface area contributed by atoms with Gasteiger partial charge >= 0.3 is 12.0 Å². The smallest absolute Gasteiger partial charge is 0.338 e. The molecule has 2 aromatic carbocycles. The van der Waals surface area contributed by atoms with E-state index in [0.717, 1.165) is 5.56 Å². The first-order chi connectivity index (χ1) is 15.0. The number of nitrogens with one attached hydrogen (secondary N) is 1. The van der Waals surface area contributed by atoms with Crippen molar-refractivity contribution in [2.24, 2.45) is 0 Å². The number of urea groups is 1. The quantitative estimate of drug-likeness (QED) is 0.653. The zero-order valence-electron chi connectivity index (χ0n) is 18.1. The van der Waals surface area contributed by atoms with Crippen LogP contribution < -0.4 is 5.32 Å². The number of carbonyl (C=O) groups is 2. The van der Waals surface area contributed by atoms with Crippen LogP contribution in [0.3, 0.4) is 0 Å². The number of rotatable bonds is 8. The van der Waals surface area contributed by atoms with Crippen LogP contribution in [0.5, 0.6) is 0 Å². The van der Waals surface area contributed by atoms with Crippen molar-refractivity contribution in [2.45, 2.75) is 26.4 Å². The number of ether oxygens (including phenoxy) is 1. The molecule has 1 aliphatic rings. The first-order valence-electron chi connectivity index (χ1n) is 10.4. The maximum absolute atomic E-state index is 14.6. The Morgan fingerprint density at radius 2 is 1.77 bits per heavy atom. The van der Waals surface area contributed by atoms with Gasteiger partial charge in [-0.25, -0.2) is 14.0 Å². The van der Waals surface area contributed by atoms with Gasteiger partial charge in [0.25, 0.3) is 0 Å². The highest BCUT2D eigenvalue weighted by Crippen LogP contribution is 2.33. The predicted octanol–water partition coefficient (Wildman–Crippen LogP) is 3.86. The van der Waals surface area contributed by atoms with E-state index in [1.165, 1.54) is 11.0 Å². The molecule has 2 amide bonds. The SMILES string of the molecule is CCOC(=O)C1=C(CN(C)Cc2ccccc2)N(CC)C(=O)NC1c1ccccc1F. The van der Waals surface area contributed by atoms with Gasteiger partial charge in [0.05, 0.1) is 18.2 Å². The second-order valence-electron chi connectivity index (χ2n) is 7.39. The Morgan fingerprint density at radius 1 is 1.10 bits per heavy atom. The summed E-state index contributed by atoms with van der Waals surface area (Å²) in [4.78, 5) is 29.4. The molecule has 0 aliphatic carbocycles. The van der Waals surface area contributed by atoms with Crippen LogP contribution in [0.1, 0.15) is 31.0 Å². The number of hydrogen-bond donors (Lipinski definition) is 1. The molecule has 0 saturated heterocycles. The number of likely N-dealkylation sites (N-methyl/N-ethyl adjacent to an activating group) is 2. The normalized spacial score (nSPS) is 16.5. The van der Waals surface area contributed by atoms with E-state index >= 15 is 0 Å². The highest BCUT2D eigenvalue weighted by atomic mass is 19.1. The molecule has 0 spiro atoms. The topological polar surface area (TPSA) is 61.9 Å². The Hall–Kier alpha value is -3.19. The Morgan fingerprint density at radius 3 is 2.42 bits per heavy atom. The number of benzene rings is 2. The van der Waals surface area contributed by atoms with Gasteiger partial charge in [-0.05, 0) is 32.5 Å². The molecule has 164 valence electrons. The Kier molecular flexibility index (Phi) is 7.41. The van der Waals surface area contributed by atoms with Crippen LogP contribution in [0.4, 0.5) is 9.18 Å². The lowest BCUT2D eigenvalue weighted by Gasteiger charge is -2.37. The van der Waals surface area contributed by atoms with E-state index in [-0.39, 0.29) is 23.8 Å². The van der Waals surface area contributed by atoms with Gasteiger partial charge in [-0.3, -0.25) is 9.80 Å². The summed E-state index contributed by atoms with van der Waals surface area (Å²) in [6.07, 6.45) is 0. The number of hydrogen-bond acceptors (Lipinski definition) is 4. The van der Waals surface area contributed by atoms with Gasteiger partial charge in [-0.2, -0.15) is 0 Å². The average molecular weight is 426 g/mol. The second-order valence-corrected chi connectivity index (χ2v) is 7.39. The highest BCUT2D eigenvalue weighted by Gasteiger charge is 2.38. The number of halogens is 1. The van der Waals surface area contributed by atoms with Gasteiger partial charge < -0.3 is 10.1 Å². The van der Waals surface area contributed by atoms with E-state index in [4.69, 9.17) is 4.74 Å². The number of esters is 1. The van der Waals surface area contributed by atoms with Crippen molar-refractivity contribution < 1.29 is 18.7 Å². The van der Waals surface area contributed by atoms with Gasteiger partial charge in [0, 0.05) is 30.9 Å².